The maximum atomic E-state index is 14.8. The van der Waals surface area contributed by atoms with Gasteiger partial charge in [-0.15, -0.1) is 0 Å². The van der Waals surface area contributed by atoms with Crippen molar-refractivity contribution in [2.75, 3.05) is 26.2 Å². The minimum Gasteiger partial charge on any atom is -0.339 e. The normalized spacial score (nSPS) is 16.8. The largest absolute Gasteiger partial charge is 0.339 e. The quantitative estimate of drug-likeness (QED) is 0.563. The average molecular weight is 527 g/mol. The Balaban J connectivity index is 1.33. The van der Waals surface area contributed by atoms with E-state index in [1.165, 1.54) is 29.2 Å². The first kappa shape index (κ1) is 25.2. The molecule has 1 aromatic heterocycles. The highest BCUT2D eigenvalue weighted by atomic mass is 35.5. The highest BCUT2D eigenvalue weighted by molar-refractivity contribution is 6.35. The van der Waals surface area contributed by atoms with Crippen molar-refractivity contribution in [3.8, 4) is 0 Å². The third-order valence-electron chi connectivity index (χ3n) is 7.41. The van der Waals surface area contributed by atoms with Gasteiger partial charge in [-0.25, -0.2) is 9.18 Å². The first-order chi connectivity index (χ1) is 17.8. The van der Waals surface area contributed by atoms with Crippen LogP contribution in [-0.2, 0) is 11.3 Å². The molecule has 2 heterocycles. The lowest BCUT2D eigenvalue weighted by molar-refractivity contribution is -0.138. The Morgan fingerprint density at radius 2 is 1.68 bits per heavy atom. The molecule has 194 valence electrons. The number of hydrogen-bond acceptors (Lipinski definition) is 4. The summed E-state index contributed by atoms with van der Waals surface area (Å²) in [4.78, 5) is 56.6. The van der Waals surface area contributed by atoms with E-state index < -0.39 is 23.0 Å². The van der Waals surface area contributed by atoms with Gasteiger partial charge in [-0.1, -0.05) is 43.0 Å². The summed E-state index contributed by atoms with van der Waals surface area (Å²) in [5, 5.41) is 0.395. The Kier molecular flexibility index (Phi) is 7.15. The van der Waals surface area contributed by atoms with Gasteiger partial charge in [0, 0.05) is 32.1 Å². The summed E-state index contributed by atoms with van der Waals surface area (Å²) < 4.78 is 16.1. The first-order valence-corrected chi connectivity index (χ1v) is 13.0. The lowest BCUT2D eigenvalue weighted by Gasteiger charge is -2.37. The predicted octanol–water partition coefficient (Wildman–Crippen LogP) is 3.40. The number of fused-ring (bicyclic) bond motifs is 1. The number of piperazine rings is 1. The fraction of sp³-hybridized carbons (Fsp3) is 0.407. The molecule has 0 atom stereocenters. The van der Waals surface area contributed by atoms with E-state index in [1.54, 1.807) is 23.1 Å². The zero-order valence-corrected chi connectivity index (χ0v) is 21.1. The van der Waals surface area contributed by atoms with Crippen LogP contribution >= 0.6 is 11.6 Å². The van der Waals surface area contributed by atoms with E-state index in [0.29, 0.717) is 37.3 Å². The average Bonchev–Trinajstić information content (AvgIpc) is 2.91. The maximum Gasteiger partial charge on any atom is 0.329 e. The molecule has 2 aliphatic rings. The third kappa shape index (κ3) is 5.05. The number of aromatic amines is 1. The lowest BCUT2D eigenvalue weighted by atomic mass is 9.88. The molecule has 1 saturated heterocycles. The zero-order chi connectivity index (χ0) is 26.1. The van der Waals surface area contributed by atoms with Crippen molar-refractivity contribution in [3.63, 3.8) is 0 Å². The molecule has 0 spiro atoms. The summed E-state index contributed by atoms with van der Waals surface area (Å²) in [6, 6.07) is 8.95. The monoisotopic (exact) mass is 526 g/mol. The van der Waals surface area contributed by atoms with Crippen molar-refractivity contribution in [1.82, 2.24) is 19.4 Å². The minimum atomic E-state index is -0.656. The van der Waals surface area contributed by atoms with Gasteiger partial charge in [-0.05, 0) is 42.7 Å². The highest BCUT2D eigenvalue weighted by Gasteiger charge is 2.30. The molecule has 1 N–H and O–H groups in total. The topological polar surface area (TPSA) is 95.5 Å². The number of nitrogens with zero attached hydrogens (tertiary/aromatic N) is 3. The van der Waals surface area contributed by atoms with Crippen LogP contribution in [0.3, 0.4) is 0 Å². The van der Waals surface area contributed by atoms with E-state index in [0.717, 1.165) is 25.7 Å². The summed E-state index contributed by atoms with van der Waals surface area (Å²) in [5.74, 6) is -0.868. The molecule has 0 bridgehead atoms. The number of carbonyl (C=O) groups excluding carboxylic acids is 2. The molecule has 2 aromatic carbocycles. The summed E-state index contributed by atoms with van der Waals surface area (Å²) in [5.41, 5.74) is -0.443. The van der Waals surface area contributed by atoms with Gasteiger partial charge in [0.1, 0.15) is 5.82 Å². The molecule has 37 heavy (non-hydrogen) atoms. The number of rotatable bonds is 4. The summed E-state index contributed by atoms with van der Waals surface area (Å²) >= 11 is 6.18. The minimum absolute atomic E-state index is 0.0106. The molecule has 1 aliphatic heterocycles. The fourth-order valence-corrected chi connectivity index (χ4v) is 5.64. The number of amides is 2. The van der Waals surface area contributed by atoms with E-state index in [9.17, 15) is 23.6 Å². The van der Waals surface area contributed by atoms with E-state index in [4.69, 9.17) is 11.6 Å². The van der Waals surface area contributed by atoms with Gasteiger partial charge in [0.2, 0.25) is 5.91 Å². The molecule has 1 saturated carbocycles. The molecule has 8 nitrogen and oxygen atoms in total. The molecular weight excluding hydrogens is 499 g/mol. The van der Waals surface area contributed by atoms with Crippen LogP contribution in [0.1, 0.15) is 48.0 Å². The second kappa shape index (κ2) is 10.5. The standard InChI is InChI=1S/C27H28ClFN4O4/c28-20-7-4-8-22-23(20)24(34)30-27(37)33(22)16-17-9-10-21(29)19(15-17)26(36)32-13-11-31(12-14-32)25(35)18-5-2-1-3-6-18/h4,7-10,15,18H,1-3,5-6,11-14,16H2,(H,30,34,37). The number of H-pyrrole nitrogens is 1. The number of carbonyl (C=O) groups is 2. The van der Waals surface area contributed by atoms with Gasteiger partial charge >= 0.3 is 5.69 Å². The number of aromatic nitrogens is 2. The van der Waals surface area contributed by atoms with E-state index in [2.05, 4.69) is 4.98 Å². The predicted molar refractivity (Wildman–Crippen MR) is 138 cm³/mol. The zero-order valence-electron chi connectivity index (χ0n) is 20.3. The fourth-order valence-electron chi connectivity index (χ4n) is 5.38. The van der Waals surface area contributed by atoms with Gasteiger partial charge in [-0.3, -0.25) is 23.9 Å². The van der Waals surface area contributed by atoms with Crippen LogP contribution in [0.25, 0.3) is 10.9 Å². The van der Waals surface area contributed by atoms with Crippen molar-refractivity contribution >= 4 is 34.3 Å². The van der Waals surface area contributed by atoms with Crippen LogP contribution in [0.2, 0.25) is 5.02 Å². The van der Waals surface area contributed by atoms with Crippen molar-refractivity contribution in [3.05, 3.63) is 79.2 Å². The van der Waals surface area contributed by atoms with Gasteiger partial charge < -0.3 is 9.80 Å². The van der Waals surface area contributed by atoms with Crippen LogP contribution in [0, 0.1) is 11.7 Å². The first-order valence-electron chi connectivity index (χ1n) is 12.6. The van der Waals surface area contributed by atoms with E-state index in [1.807, 2.05) is 4.90 Å². The Bertz CT molecular complexity index is 1470. The van der Waals surface area contributed by atoms with Crippen molar-refractivity contribution < 1.29 is 14.0 Å². The molecule has 5 rings (SSSR count). The van der Waals surface area contributed by atoms with Crippen molar-refractivity contribution in [2.45, 2.75) is 38.6 Å². The summed E-state index contributed by atoms with van der Waals surface area (Å²) in [6.07, 6.45) is 5.19. The van der Waals surface area contributed by atoms with Crippen molar-refractivity contribution in [1.29, 1.82) is 0 Å². The van der Waals surface area contributed by atoms with Crippen LogP contribution in [0.4, 0.5) is 4.39 Å². The molecular formula is C27H28ClFN4O4. The molecule has 3 aromatic rings. The van der Waals surface area contributed by atoms with E-state index >= 15 is 0 Å². The Hall–Kier alpha value is -3.46. The summed E-state index contributed by atoms with van der Waals surface area (Å²) in [7, 11) is 0. The summed E-state index contributed by atoms with van der Waals surface area (Å²) in [6.45, 7) is 1.55. The van der Waals surface area contributed by atoms with Crippen LogP contribution in [0.15, 0.2) is 46.0 Å². The molecule has 0 unspecified atom stereocenters. The van der Waals surface area contributed by atoms with Crippen LogP contribution in [0.5, 0.6) is 0 Å². The van der Waals surface area contributed by atoms with Crippen molar-refractivity contribution in [2.24, 2.45) is 5.92 Å². The maximum absolute atomic E-state index is 14.8. The Morgan fingerprint density at radius 3 is 2.41 bits per heavy atom. The number of benzene rings is 2. The smallest absolute Gasteiger partial charge is 0.329 e. The van der Waals surface area contributed by atoms with E-state index in [-0.39, 0.29) is 34.3 Å². The molecule has 2 amide bonds. The number of nitrogens with one attached hydrogen (secondary N) is 1. The van der Waals surface area contributed by atoms with Crippen LogP contribution in [-0.4, -0.2) is 57.3 Å². The van der Waals surface area contributed by atoms with Gasteiger partial charge in [0.25, 0.3) is 11.5 Å². The van der Waals surface area contributed by atoms with Gasteiger partial charge in [-0.2, -0.15) is 0 Å². The SMILES string of the molecule is O=C(c1cc(Cn2c(=O)[nH]c(=O)c3c(Cl)cccc32)ccc1F)N1CCN(C(=O)C2CCCCC2)CC1. The number of halogens is 2. The molecule has 10 heteroatoms. The Morgan fingerprint density at radius 1 is 0.973 bits per heavy atom. The van der Waals surface area contributed by atoms with Gasteiger partial charge in [0.05, 0.1) is 28.0 Å². The van der Waals surface area contributed by atoms with Crippen LogP contribution < -0.4 is 11.2 Å². The Labute approximate surface area is 217 Å². The highest BCUT2D eigenvalue weighted by Crippen LogP contribution is 2.26. The lowest BCUT2D eigenvalue weighted by Crippen LogP contribution is -2.52. The molecule has 1 aliphatic carbocycles. The second-order valence-electron chi connectivity index (χ2n) is 9.75. The number of hydrogen-bond donors (Lipinski definition) is 1. The van der Waals surface area contributed by atoms with Gasteiger partial charge in [0.15, 0.2) is 0 Å². The molecule has 2 fully saturated rings. The third-order valence-corrected chi connectivity index (χ3v) is 7.72. The molecule has 0 radical (unpaired) electrons. The second-order valence-corrected chi connectivity index (χ2v) is 10.2.